The third-order valence-electron chi connectivity index (χ3n) is 8.37. The molecule has 0 spiro atoms. The minimum Gasteiger partial charge on any atom is -0.326 e. The number of nitrogens with zero attached hydrogens (tertiary/aromatic N) is 2. The summed E-state index contributed by atoms with van der Waals surface area (Å²) in [5.41, 5.74) is 4.30. The minimum absolute atomic E-state index is 0.0337. The van der Waals surface area contributed by atoms with Crippen molar-refractivity contribution in [1.82, 2.24) is 5.32 Å². The number of amides is 3. The second-order valence-corrected chi connectivity index (χ2v) is 13.5. The van der Waals surface area contributed by atoms with Gasteiger partial charge in [0.15, 0.2) is 0 Å². The van der Waals surface area contributed by atoms with Crippen molar-refractivity contribution in [3.05, 3.63) is 91.9 Å². The van der Waals surface area contributed by atoms with E-state index in [2.05, 4.69) is 75.5 Å². The summed E-state index contributed by atoms with van der Waals surface area (Å²) < 4.78 is 0. The first-order valence-electron chi connectivity index (χ1n) is 14.5. The zero-order valence-electron chi connectivity index (χ0n) is 25.8. The fourth-order valence-corrected chi connectivity index (χ4v) is 5.88. The molecule has 7 nitrogen and oxygen atoms in total. The molecular weight excluding hydrogens is 619 g/mol. The van der Waals surface area contributed by atoms with Gasteiger partial charge in [-0.25, -0.2) is 0 Å². The maximum atomic E-state index is 13.2. The van der Waals surface area contributed by atoms with Crippen molar-refractivity contribution in [2.75, 3.05) is 10.3 Å². The molecule has 1 aliphatic rings. The lowest BCUT2D eigenvalue weighted by atomic mass is 9.74. The lowest BCUT2D eigenvalue weighted by molar-refractivity contribution is -0.117. The van der Waals surface area contributed by atoms with Crippen molar-refractivity contribution in [2.24, 2.45) is 5.10 Å². The second kappa shape index (κ2) is 13.3. The van der Waals surface area contributed by atoms with Crippen LogP contribution in [0.1, 0.15) is 87.9 Å². The Labute approximate surface area is 273 Å². The highest BCUT2D eigenvalue weighted by Crippen LogP contribution is 2.38. The van der Waals surface area contributed by atoms with E-state index in [9.17, 15) is 14.4 Å². The number of hydrogen-bond donors (Lipinski definition) is 2. The van der Waals surface area contributed by atoms with Crippen LogP contribution in [0.25, 0.3) is 0 Å². The number of amidine groups is 1. The molecule has 10 heteroatoms. The molecule has 44 heavy (non-hydrogen) atoms. The molecule has 0 aromatic heterocycles. The molecule has 3 aromatic carbocycles. The Balaban J connectivity index is 1.48. The van der Waals surface area contributed by atoms with Crippen LogP contribution in [0.2, 0.25) is 15.1 Å². The smallest absolute Gasteiger partial charge is 0.256 e. The molecular formula is C34H37Cl3N4O3. The highest BCUT2D eigenvalue weighted by atomic mass is 35.5. The Kier molecular flexibility index (Phi) is 10.1. The number of benzene rings is 3. The predicted octanol–water partition coefficient (Wildman–Crippen LogP) is 8.68. The van der Waals surface area contributed by atoms with Crippen LogP contribution < -0.4 is 15.6 Å². The second-order valence-electron chi connectivity index (χ2n) is 12.3. The average Bonchev–Trinajstić information content (AvgIpc) is 3.31. The van der Waals surface area contributed by atoms with Gasteiger partial charge in [-0.3, -0.25) is 14.4 Å². The van der Waals surface area contributed by atoms with E-state index in [1.54, 1.807) is 24.3 Å². The molecule has 4 rings (SSSR count). The van der Waals surface area contributed by atoms with Gasteiger partial charge in [-0.2, -0.15) is 10.1 Å². The van der Waals surface area contributed by atoms with E-state index in [0.29, 0.717) is 10.7 Å². The van der Waals surface area contributed by atoms with Crippen LogP contribution >= 0.6 is 34.8 Å². The summed E-state index contributed by atoms with van der Waals surface area (Å²) in [4.78, 5) is 39.0. The molecule has 0 fully saturated rings. The first kappa shape index (κ1) is 33.5. The molecule has 0 aliphatic carbocycles. The number of halogens is 3. The maximum Gasteiger partial charge on any atom is 0.256 e. The van der Waals surface area contributed by atoms with E-state index < -0.39 is 11.8 Å². The standard InChI is InChI=1S/C34H37Cl3N4O3/c1-7-33(3,4)22-13-12-20(25(16-22)34(5,6)8-2)15-29(42)38-24-11-9-10-21(14-24)32(44)39-28-19-30(43)41(40-28)31-26(36)17-23(35)18-27(31)37/h9-14,16-18H,7-8,15,19H2,1-6H3,(H,38,42)(H,39,40,44). The lowest BCUT2D eigenvalue weighted by Gasteiger charge is -2.30. The van der Waals surface area contributed by atoms with Crippen LogP contribution in [0.15, 0.2) is 59.7 Å². The van der Waals surface area contributed by atoms with E-state index in [-0.39, 0.29) is 56.7 Å². The summed E-state index contributed by atoms with van der Waals surface area (Å²) in [6, 6.07) is 16.0. The molecule has 0 saturated heterocycles. The normalized spacial score (nSPS) is 13.6. The summed E-state index contributed by atoms with van der Waals surface area (Å²) in [5, 5.41) is 11.5. The summed E-state index contributed by atoms with van der Waals surface area (Å²) in [6.07, 6.45) is 1.99. The van der Waals surface area contributed by atoms with Crippen molar-refractivity contribution < 1.29 is 14.4 Å². The van der Waals surface area contributed by atoms with Gasteiger partial charge in [0.2, 0.25) is 5.91 Å². The van der Waals surface area contributed by atoms with Crippen molar-refractivity contribution >= 4 is 69.7 Å². The zero-order valence-corrected chi connectivity index (χ0v) is 28.0. The highest BCUT2D eigenvalue weighted by molar-refractivity contribution is 6.42. The Hall–Kier alpha value is -3.39. The number of anilines is 2. The van der Waals surface area contributed by atoms with Crippen molar-refractivity contribution in [3.8, 4) is 0 Å². The zero-order chi connectivity index (χ0) is 32.4. The van der Waals surface area contributed by atoms with E-state index in [1.807, 2.05) is 0 Å². The summed E-state index contributed by atoms with van der Waals surface area (Å²) in [5.74, 6) is -0.943. The third kappa shape index (κ3) is 7.45. The van der Waals surface area contributed by atoms with Crippen LogP contribution in [0.4, 0.5) is 11.4 Å². The largest absolute Gasteiger partial charge is 0.326 e. The Morgan fingerprint density at radius 3 is 2.18 bits per heavy atom. The van der Waals surface area contributed by atoms with Gasteiger partial charge in [-0.15, -0.1) is 0 Å². The Morgan fingerprint density at radius 1 is 0.886 bits per heavy atom. The maximum absolute atomic E-state index is 13.2. The molecule has 232 valence electrons. The van der Waals surface area contributed by atoms with Crippen molar-refractivity contribution in [1.29, 1.82) is 0 Å². The van der Waals surface area contributed by atoms with E-state index in [1.165, 1.54) is 23.3 Å². The van der Waals surface area contributed by atoms with Gasteiger partial charge in [0.25, 0.3) is 11.8 Å². The van der Waals surface area contributed by atoms with Crippen LogP contribution in [0.5, 0.6) is 0 Å². The molecule has 0 unspecified atom stereocenters. The van der Waals surface area contributed by atoms with Gasteiger partial charge in [-0.1, -0.05) is 101 Å². The number of carbonyl (C=O) groups is 3. The van der Waals surface area contributed by atoms with Gasteiger partial charge in [-0.05, 0) is 70.7 Å². The monoisotopic (exact) mass is 654 g/mol. The molecule has 3 aromatic rings. The minimum atomic E-state index is -0.482. The van der Waals surface area contributed by atoms with Gasteiger partial charge < -0.3 is 10.6 Å². The fourth-order valence-electron chi connectivity index (χ4n) is 4.91. The van der Waals surface area contributed by atoms with Crippen LogP contribution in [-0.2, 0) is 26.8 Å². The SMILES string of the molecule is CCC(C)(C)c1ccc(CC(=O)Nc2cccc(C(=O)NC3=NN(c4c(Cl)cc(Cl)cc4Cl)C(=O)C3)c2)c(C(C)(C)CC)c1. The first-order chi connectivity index (χ1) is 20.6. The summed E-state index contributed by atoms with van der Waals surface area (Å²) >= 11 is 18.5. The number of hydrazone groups is 1. The average molecular weight is 656 g/mol. The quantitative estimate of drug-likeness (QED) is 0.242. The van der Waals surface area contributed by atoms with Gasteiger partial charge in [0.05, 0.1) is 22.9 Å². The molecule has 3 amide bonds. The van der Waals surface area contributed by atoms with Gasteiger partial charge in [0.1, 0.15) is 11.5 Å². The number of carbonyl (C=O) groups excluding carboxylic acids is 3. The molecule has 0 radical (unpaired) electrons. The Bertz CT molecular complexity index is 1630. The molecule has 0 bridgehead atoms. The van der Waals surface area contributed by atoms with E-state index >= 15 is 0 Å². The van der Waals surface area contributed by atoms with Crippen LogP contribution in [-0.4, -0.2) is 23.6 Å². The fraction of sp³-hybridized carbons (Fsp3) is 0.353. The molecule has 0 saturated carbocycles. The van der Waals surface area contributed by atoms with Crippen LogP contribution in [0, 0.1) is 0 Å². The topological polar surface area (TPSA) is 90.9 Å². The van der Waals surface area contributed by atoms with Crippen molar-refractivity contribution in [3.63, 3.8) is 0 Å². The third-order valence-corrected chi connectivity index (χ3v) is 9.17. The first-order valence-corrected chi connectivity index (χ1v) is 15.7. The molecule has 1 aliphatic heterocycles. The molecule has 1 heterocycles. The van der Waals surface area contributed by atoms with Crippen LogP contribution in [0.3, 0.4) is 0 Å². The van der Waals surface area contributed by atoms with Gasteiger partial charge in [0, 0.05) is 16.3 Å². The summed E-state index contributed by atoms with van der Waals surface area (Å²) in [7, 11) is 0. The highest BCUT2D eigenvalue weighted by Gasteiger charge is 2.30. The number of rotatable bonds is 9. The van der Waals surface area contributed by atoms with E-state index in [4.69, 9.17) is 34.8 Å². The molecule has 2 N–H and O–H groups in total. The summed E-state index contributed by atoms with van der Waals surface area (Å²) in [6.45, 7) is 13.2. The molecule has 0 atom stereocenters. The Morgan fingerprint density at radius 2 is 1.55 bits per heavy atom. The lowest BCUT2D eigenvalue weighted by Crippen LogP contribution is -2.29. The van der Waals surface area contributed by atoms with Crippen molar-refractivity contribution in [2.45, 2.75) is 78.1 Å². The van der Waals surface area contributed by atoms with E-state index in [0.717, 1.165) is 23.4 Å². The van der Waals surface area contributed by atoms with Gasteiger partial charge >= 0.3 is 0 Å². The number of nitrogens with one attached hydrogen (secondary N) is 2. The predicted molar refractivity (Wildman–Crippen MR) is 180 cm³/mol. The number of hydrogen-bond acceptors (Lipinski definition) is 4.